The molecule has 0 aliphatic carbocycles. The van der Waals surface area contributed by atoms with Gasteiger partial charge in [-0.05, 0) is 23.8 Å². The van der Waals surface area contributed by atoms with Crippen molar-refractivity contribution in [3.63, 3.8) is 0 Å². The van der Waals surface area contributed by atoms with E-state index in [4.69, 9.17) is 0 Å². The number of ether oxygens (including phenoxy) is 1. The molecule has 0 N–H and O–H groups in total. The van der Waals surface area contributed by atoms with Crippen LogP contribution in [0, 0.1) is 0 Å². The number of rotatable bonds is 6. The van der Waals surface area contributed by atoms with Gasteiger partial charge in [0.2, 0.25) is 0 Å². The zero-order chi connectivity index (χ0) is 20.2. The summed E-state index contributed by atoms with van der Waals surface area (Å²) in [7, 11) is 1.09. The highest BCUT2D eigenvalue weighted by atomic mass is 79.9. The van der Waals surface area contributed by atoms with E-state index < -0.39 is 40.6 Å². The zero-order valence-electron chi connectivity index (χ0n) is 13.4. The van der Waals surface area contributed by atoms with E-state index in [1.165, 1.54) is 6.08 Å². The summed E-state index contributed by atoms with van der Waals surface area (Å²) < 4.78 is 81.9. The van der Waals surface area contributed by atoms with Crippen LogP contribution < -0.4 is 0 Å². The predicted octanol–water partition coefficient (Wildman–Crippen LogP) is 5.03. The number of esters is 1. The van der Waals surface area contributed by atoms with E-state index in [1.807, 2.05) is 0 Å². The Kier molecular flexibility index (Phi) is 7.03. The summed E-state index contributed by atoms with van der Waals surface area (Å²) in [4.78, 5) is 15.9. The zero-order valence-corrected chi connectivity index (χ0v) is 15.0. The molecule has 1 aromatic carbocycles. The number of benzene rings is 1. The van der Waals surface area contributed by atoms with Crippen molar-refractivity contribution in [2.45, 2.75) is 24.3 Å². The van der Waals surface area contributed by atoms with Crippen LogP contribution in [0.4, 0.5) is 26.3 Å². The molecular formula is C16H14BrF6NO2. The van der Waals surface area contributed by atoms with E-state index in [0.717, 1.165) is 13.3 Å². The first-order valence-corrected chi connectivity index (χ1v) is 8.12. The lowest BCUT2D eigenvalue weighted by Gasteiger charge is -2.23. The second kappa shape index (κ2) is 8.24. The number of hydrogen-bond donors (Lipinski definition) is 0. The van der Waals surface area contributed by atoms with Gasteiger partial charge in [-0.3, -0.25) is 4.99 Å². The Hall–Kier alpha value is -1.84. The lowest BCUT2D eigenvalue weighted by Crippen LogP contribution is -2.39. The first-order valence-electron chi connectivity index (χ1n) is 6.99. The van der Waals surface area contributed by atoms with Gasteiger partial charge in [0.05, 0.1) is 18.2 Å². The van der Waals surface area contributed by atoms with E-state index in [2.05, 4.69) is 32.2 Å². The minimum atomic E-state index is -4.97. The van der Waals surface area contributed by atoms with Crippen LogP contribution in [0.15, 0.2) is 35.8 Å². The average Bonchev–Trinajstić information content (AvgIpc) is 2.56. The number of nitrogens with zero attached hydrogens (tertiary/aromatic N) is 1. The summed E-state index contributed by atoms with van der Waals surface area (Å²) in [5.41, 5.74) is -4.95. The SMILES string of the molecule is C=CCC(CBr)(N=Cc1cc(C(F)(F)F)cc(C(F)(F)F)c1)C(=O)OC. The van der Waals surface area contributed by atoms with Crippen molar-refractivity contribution in [1.82, 2.24) is 0 Å². The molecule has 1 atom stereocenters. The topological polar surface area (TPSA) is 38.7 Å². The van der Waals surface area contributed by atoms with Crippen molar-refractivity contribution in [3.05, 3.63) is 47.5 Å². The molecule has 1 unspecified atom stereocenters. The summed E-state index contributed by atoms with van der Waals surface area (Å²) in [5.74, 6) is -0.812. The van der Waals surface area contributed by atoms with E-state index in [0.29, 0.717) is 12.1 Å². The molecule has 1 rings (SSSR count). The Bertz CT molecular complexity index is 667. The summed E-state index contributed by atoms with van der Waals surface area (Å²) in [6.07, 6.45) is -7.86. The Balaban J connectivity index is 3.47. The molecule has 26 heavy (non-hydrogen) atoms. The second-order valence-electron chi connectivity index (χ2n) is 5.25. The number of carbonyl (C=O) groups is 1. The Labute approximate surface area is 153 Å². The molecule has 0 aromatic heterocycles. The largest absolute Gasteiger partial charge is 0.467 e. The van der Waals surface area contributed by atoms with Gasteiger partial charge in [0.15, 0.2) is 5.54 Å². The van der Waals surface area contributed by atoms with Gasteiger partial charge in [0, 0.05) is 18.0 Å². The van der Waals surface area contributed by atoms with Crippen LogP contribution >= 0.6 is 15.9 Å². The number of carbonyl (C=O) groups excluding carboxylic acids is 1. The van der Waals surface area contributed by atoms with E-state index in [9.17, 15) is 31.1 Å². The van der Waals surface area contributed by atoms with Gasteiger partial charge >= 0.3 is 18.3 Å². The number of hydrogen-bond acceptors (Lipinski definition) is 3. The summed E-state index contributed by atoms with van der Waals surface area (Å²) in [6.45, 7) is 3.46. The predicted molar refractivity (Wildman–Crippen MR) is 87.4 cm³/mol. The highest BCUT2D eigenvalue weighted by Gasteiger charge is 2.38. The molecule has 0 radical (unpaired) electrons. The average molecular weight is 446 g/mol. The van der Waals surface area contributed by atoms with Gasteiger partial charge in [0.25, 0.3) is 0 Å². The number of alkyl halides is 7. The van der Waals surface area contributed by atoms with Crippen molar-refractivity contribution < 1.29 is 35.9 Å². The Morgan fingerprint density at radius 2 is 1.65 bits per heavy atom. The summed E-state index contributed by atoms with van der Waals surface area (Å²) in [5, 5.41) is -0.0692. The standard InChI is InChI=1S/C16H14BrF6NO2/c1-3-4-14(9-17,13(25)26-2)24-8-10-5-11(15(18,19)20)7-12(6-10)16(21,22)23/h3,5-8H,1,4,9H2,2H3. The molecule has 0 fully saturated rings. The van der Waals surface area contributed by atoms with Crippen molar-refractivity contribution >= 4 is 28.1 Å². The third-order valence-corrected chi connectivity index (χ3v) is 4.27. The van der Waals surface area contributed by atoms with Crippen molar-refractivity contribution in [2.24, 2.45) is 4.99 Å². The molecule has 0 bridgehead atoms. The first kappa shape index (κ1) is 22.2. The van der Waals surface area contributed by atoms with Gasteiger partial charge in [-0.1, -0.05) is 22.0 Å². The van der Waals surface area contributed by atoms with Crippen LogP contribution in [0.2, 0.25) is 0 Å². The molecular weight excluding hydrogens is 432 g/mol. The molecule has 3 nitrogen and oxygen atoms in total. The van der Waals surface area contributed by atoms with Crippen LogP contribution in [0.25, 0.3) is 0 Å². The van der Waals surface area contributed by atoms with Gasteiger partial charge in [-0.25, -0.2) is 4.79 Å². The molecule has 144 valence electrons. The molecule has 0 saturated carbocycles. The maximum Gasteiger partial charge on any atom is 0.416 e. The maximum atomic E-state index is 12.9. The van der Waals surface area contributed by atoms with Crippen LogP contribution in [-0.2, 0) is 21.9 Å². The number of methoxy groups -OCH3 is 1. The minimum absolute atomic E-state index is 0.0130. The van der Waals surface area contributed by atoms with Crippen molar-refractivity contribution in [3.8, 4) is 0 Å². The Morgan fingerprint density at radius 3 is 2.00 bits per heavy atom. The third-order valence-electron chi connectivity index (χ3n) is 3.34. The molecule has 0 amide bonds. The number of aliphatic imine (C=N–C) groups is 1. The lowest BCUT2D eigenvalue weighted by atomic mass is 9.98. The minimum Gasteiger partial charge on any atom is -0.467 e. The summed E-state index contributed by atoms with van der Waals surface area (Å²) in [6, 6.07) is 1.05. The monoisotopic (exact) mass is 445 g/mol. The van der Waals surface area contributed by atoms with Crippen LogP contribution in [-0.4, -0.2) is 30.2 Å². The van der Waals surface area contributed by atoms with E-state index in [-0.39, 0.29) is 17.8 Å². The fourth-order valence-corrected chi connectivity index (χ4v) is 2.62. The molecule has 0 spiro atoms. The highest BCUT2D eigenvalue weighted by Crippen LogP contribution is 2.36. The molecule has 0 aliphatic rings. The molecule has 1 aromatic rings. The second-order valence-corrected chi connectivity index (χ2v) is 5.81. The van der Waals surface area contributed by atoms with E-state index >= 15 is 0 Å². The van der Waals surface area contributed by atoms with Crippen LogP contribution in [0.3, 0.4) is 0 Å². The molecule has 10 heteroatoms. The van der Waals surface area contributed by atoms with Gasteiger partial charge in [-0.2, -0.15) is 26.3 Å². The first-order chi connectivity index (χ1) is 11.9. The van der Waals surface area contributed by atoms with E-state index in [1.54, 1.807) is 0 Å². The maximum absolute atomic E-state index is 12.9. The smallest absolute Gasteiger partial charge is 0.416 e. The molecule has 0 heterocycles. The number of halogens is 7. The van der Waals surface area contributed by atoms with Crippen molar-refractivity contribution in [1.29, 1.82) is 0 Å². The molecule has 0 saturated heterocycles. The van der Waals surface area contributed by atoms with Crippen molar-refractivity contribution in [2.75, 3.05) is 12.4 Å². The van der Waals surface area contributed by atoms with Crippen LogP contribution in [0.5, 0.6) is 0 Å². The van der Waals surface area contributed by atoms with Gasteiger partial charge < -0.3 is 4.74 Å². The van der Waals surface area contributed by atoms with Gasteiger partial charge in [-0.15, -0.1) is 6.58 Å². The summed E-state index contributed by atoms with van der Waals surface area (Å²) >= 11 is 3.06. The highest BCUT2D eigenvalue weighted by molar-refractivity contribution is 9.09. The quantitative estimate of drug-likeness (QED) is 0.202. The Morgan fingerprint density at radius 1 is 1.15 bits per heavy atom. The van der Waals surface area contributed by atoms with Gasteiger partial charge in [0.1, 0.15) is 0 Å². The molecule has 0 aliphatic heterocycles. The fourth-order valence-electron chi connectivity index (χ4n) is 2.01. The fraction of sp³-hybridized carbons (Fsp3) is 0.375. The third kappa shape index (κ3) is 5.33. The normalized spacial score (nSPS) is 14.9. The van der Waals surface area contributed by atoms with Crippen LogP contribution in [0.1, 0.15) is 23.1 Å². The lowest BCUT2D eigenvalue weighted by molar-refractivity contribution is -0.146.